The van der Waals surface area contributed by atoms with Crippen molar-refractivity contribution in [1.29, 1.82) is 0 Å². The molecular formula is C16H17Cl2N3O2. The van der Waals surface area contributed by atoms with Crippen LogP contribution >= 0.6 is 23.2 Å². The molecule has 0 bridgehead atoms. The highest BCUT2D eigenvalue weighted by Gasteiger charge is 2.26. The number of carbonyl (C=O) groups is 1. The van der Waals surface area contributed by atoms with Gasteiger partial charge in [-0.1, -0.05) is 29.3 Å². The van der Waals surface area contributed by atoms with Gasteiger partial charge in [-0.25, -0.2) is 0 Å². The molecule has 5 nitrogen and oxygen atoms in total. The zero-order valence-corrected chi connectivity index (χ0v) is 14.2. The molecule has 1 aromatic heterocycles. The van der Waals surface area contributed by atoms with Gasteiger partial charge in [-0.05, 0) is 30.2 Å². The van der Waals surface area contributed by atoms with Crippen LogP contribution < -0.4 is 0 Å². The van der Waals surface area contributed by atoms with Crippen molar-refractivity contribution in [3.05, 3.63) is 51.8 Å². The van der Waals surface area contributed by atoms with Crippen molar-refractivity contribution in [3.63, 3.8) is 0 Å². The van der Waals surface area contributed by atoms with Crippen LogP contribution in [0.2, 0.25) is 10.0 Å². The van der Waals surface area contributed by atoms with E-state index in [-0.39, 0.29) is 18.6 Å². The van der Waals surface area contributed by atoms with E-state index < -0.39 is 0 Å². The van der Waals surface area contributed by atoms with Crippen LogP contribution in [0.15, 0.2) is 30.6 Å². The van der Waals surface area contributed by atoms with Crippen LogP contribution in [0.25, 0.3) is 0 Å². The minimum Gasteiger partial charge on any atom is -0.370 e. The summed E-state index contributed by atoms with van der Waals surface area (Å²) in [4.78, 5) is 14.2. The molecule has 1 amide bonds. The Bertz CT molecular complexity index is 717. The van der Waals surface area contributed by atoms with Crippen LogP contribution in [-0.2, 0) is 16.1 Å². The summed E-state index contributed by atoms with van der Waals surface area (Å²) in [5.41, 5.74) is 1.96. The predicted octanol–water partition coefficient (Wildman–Crippen LogP) is 3.10. The van der Waals surface area contributed by atoms with Crippen molar-refractivity contribution < 1.29 is 9.53 Å². The van der Waals surface area contributed by atoms with E-state index in [1.165, 1.54) is 0 Å². The Morgan fingerprint density at radius 1 is 1.39 bits per heavy atom. The van der Waals surface area contributed by atoms with Crippen molar-refractivity contribution >= 4 is 29.1 Å². The molecule has 0 N–H and O–H groups in total. The molecule has 7 heteroatoms. The Hall–Kier alpha value is -1.56. The molecule has 1 aliphatic rings. The van der Waals surface area contributed by atoms with E-state index in [1.807, 2.05) is 19.2 Å². The lowest BCUT2D eigenvalue weighted by Crippen LogP contribution is -2.43. The van der Waals surface area contributed by atoms with Gasteiger partial charge in [-0.2, -0.15) is 5.10 Å². The SMILES string of the molecule is Cc1cnn(CC(=O)N2CCOC(c3ccc(Cl)c(Cl)c3)C2)c1. The van der Waals surface area contributed by atoms with Gasteiger partial charge >= 0.3 is 0 Å². The molecule has 1 fully saturated rings. The summed E-state index contributed by atoms with van der Waals surface area (Å²) < 4.78 is 7.43. The number of hydrogen-bond donors (Lipinski definition) is 0. The monoisotopic (exact) mass is 353 g/mol. The maximum Gasteiger partial charge on any atom is 0.244 e. The Morgan fingerprint density at radius 2 is 2.22 bits per heavy atom. The van der Waals surface area contributed by atoms with Crippen LogP contribution in [-0.4, -0.2) is 40.3 Å². The molecule has 0 saturated carbocycles. The normalized spacial score (nSPS) is 18.2. The third kappa shape index (κ3) is 3.86. The fourth-order valence-electron chi connectivity index (χ4n) is 2.58. The highest BCUT2D eigenvalue weighted by Crippen LogP contribution is 2.29. The first-order valence-corrected chi connectivity index (χ1v) is 8.12. The fourth-order valence-corrected chi connectivity index (χ4v) is 2.89. The molecule has 1 unspecified atom stereocenters. The highest BCUT2D eigenvalue weighted by atomic mass is 35.5. The second-order valence-corrected chi connectivity index (χ2v) is 6.40. The Labute approximate surface area is 144 Å². The second-order valence-electron chi connectivity index (χ2n) is 5.59. The van der Waals surface area contributed by atoms with Crippen molar-refractivity contribution in [1.82, 2.24) is 14.7 Å². The molecule has 0 aliphatic carbocycles. The van der Waals surface area contributed by atoms with E-state index in [0.29, 0.717) is 29.7 Å². The summed E-state index contributed by atoms with van der Waals surface area (Å²) in [6.07, 6.45) is 3.40. The first kappa shape index (κ1) is 16.3. The Kier molecular flexibility index (Phi) is 4.90. The lowest BCUT2D eigenvalue weighted by atomic mass is 10.1. The van der Waals surface area contributed by atoms with E-state index in [4.69, 9.17) is 27.9 Å². The number of ether oxygens (including phenoxy) is 1. The number of halogens is 2. The summed E-state index contributed by atoms with van der Waals surface area (Å²) in [7, 11) is 0. The molecule has 1 atom stereocenters. The van der Waals surface area contributed by atoms with Crippen LogP contribution in [0.3, 0.4) is 0 Å². The van der Waals surface area contributed by atoms with Gasteiger partial charge in [0.2, 0.25) is 5.91 Å². The lowest BCUT2D eigenvalue weighted by molar-refractivity contribution is -0.139. The minimum absolute atomic E-state index is 0.0291. The van der Waals surface area contributed by atoms with Gasteiger partial charge in [0.05, 0.1) is 29.4 Å². The Balaban J connectivity index is 1.67. The number of aromatic nitrogens is 2. The van der Waals surface area contributed by atoms with Crippen molar-refractivity contribution in [2.75, 3.05) is 19.7 Å². The highest BCUT2D eigenvalue weighted by molar-refractivity contribution is 6.42. The van der Waals surface area contributed by atoms with Crippen molar-refractivity contribution in [2.45, 2.75) is 19.6 Å². The third-order valence-corrected chi connectivity index (χ3v) is 4.53. The molecule has 23 heavy (non-hydrogen) atoms. The minimum atomic E-state index is -0.193. The van der Waals surface area contributed by atoms with E-state index in [9.17, 15) is 4.79 Å². The van der Waals surface area contributed by atoms with Gasteiger partial charge in [-0.15, -0.1) is 0 Å². The first-order chi connectivity index (χ1) is 11.0. The zero-order chi connectivity index (χ0) is 16.4. The maximum atomic E-state index is 12.4. The number of carbonyl (C=O) groups excluding carboxylic acids is 1. The van der Waals surface area contributed by atoms with E-state index in [0.717, 1.165) is 11.1 Å². The average molecular weight is 354 g/mol. The molecule has 1 saturated heterocycles. The standard InChI is InChI=1S/C16H17Cl2N3O2/c1-11-7-19-21(8-11)10-16(22)20-4-5-23-15(9-20)12-2-3-13(17)14(18)6-12/h2-3,6-8,15H,4-5,9-10H2,1H3. The third-order valence-electron chi connectivity index (χ3n) is 3.79. The molecule has 2 heterocycles. The smallest absolute Gasteiger partial charge is 0.244 e. The summed E-state index contributed by atoms with van der Waals surface area (Å²) >= 11 is 12.0. The molecule has 1 aromatic carbocycles. The fraction of sp³-hybridized carbons (Fsp3) is 0.375. The number of nitrogens with zero attached hydrogens (tertiary/aromatic N) is 3. The van der Waals surface area contributed by atoms with Crippen LogP contribution in [0.4, 0.5) is 0 Å². The number of aryl methyl sites for hydroxylation is 1. The number of amides is 1. The molecular weight excluding hydrogens is 337 g/mol. The van der Waals surface area contributed by atoms with Crippen molar-refractivity contribution in [2.24, 2.45) is 0 Å². The van der Waals surface area contributed by atoms with Crippen LogP contribution in [0.5, 0.6) is 0 Å². The van der Waals surface area contributed by atoms with E-state index in [2.05, 4.69) is 5.10 Å². The van der Waals surface area contributed by atoms with Crippen LogP contribution in [0.1, 0.15) is 17.2 Å². The van der Waals surface area contributed by atoms with Crippen LogP contribution in [0, 0.1) is 6.92 Å². The number of hydrogen-bond acceptors (Lipinski definition) is 3. The molecule has 2 aromatic rings. The zero-order valence-electron chi connectivity index (χ0n) is 12.7. The summed E-state index contributed by atoms with van der Waals surface area (Å²) in [6.45, 7) is 3.76. The van der Waals surface area contributed by atoms with Crippen molar-refractivity contribution in [3.8, 4) is 0 Å². The Morgan fingerprint density at radius 3 is 2.91 bits per heavy atom. The van der Waals surface area contributed by atoms with Gasteiger partial charge in [0.25, 0.3) is 0 Å². The molecule has 3 rings (SSSR count). The quantitative estimate of drug-likeness (QED) is 0.851. The number of morpholine rings is 1. The molecule has 0 radical (unpaired) electrons. The number of benzene rings is 1. The predicted molar refractivity (Wildman–Crippen MR) is 88.7 cm³/mol. The van der Waals surface area contributed by atoms with Gasteiger partial charge < -0.3 is 9.64 Å². The van der Waals surface area contributed by atoms with Gasteiger partial charge in [0.15, 0.2) is 0 Å². The maximum absolute atomic E-state index is 12.4. The van der Waals surface area contributed by atoms with E-state index >= 15 is 0 Å². The summed E-state index contributed by atoms with van der Waals surface area (Å²) in [6, 6.07) is 5.42. The van der Waals surface area contributed by atoms with Gasteiger partial charge in [0.1, 0.15) is 12.6 Å². The topological polar surface area (TPSA) is 47.4 Å². The summed E-state index contributed by atoms with van der Waals surface area (Å²) in [5.74, 6) is 0.0291. The number of rotatable bonds is 3. The largest absolute Gasteiger partial charge is 0.370 e. The molecule has 122 valence electrons. The molecule has 1 aliphatic heterocycles. The van der Waals surface area contributed by atoms with Gasteiger partial charge in [0, 0.05) is 12.7 Å². The second kappa shape index (κ2) is 6.91. The lowest BCUT2D eigenvalue weighted by Gasteiger charge is -2.33. The summed E-state index contributed by atoms with van der Waals surface area (Å²) in [5, 5.41) is 5.15. The molecule has 0 spiro atoms. The average Bonchev–Trinajstić information content (AvgIpc) is 2.95. The first-order valence-electron chi connectivity index (χ1n) is 7.36. The van der Waals surface area contributed by atoms with E-state index in [1.54, 1.807) is 27.9 Å². The van der Waals surface area contributed by atoms with Gasteiger partial charge in [-0.3, -0.25) is 9.48 Å².